The lowest BCUT2D eigenvalue weighted by molar-refractivity contribution is 0.870. The predicted octanol–water partition coefficient (Wildman–Crippen LogP) is 3.17. The molecule has 0 aliphatic heterocycles. The maximum Gasteiger partial charge on any atom is 0.224 e. The topological polar surface area (TPSA) is 37.8 Å². The number of benzene rings is 1. The summed E-state index contributed by atoms with van der Waals surface area (Å²) in [5, 5.41) is 5.37. The van der Waals surface area contributed by atoms with Gasteiger partial charge in [-0.2, -0.15) is 0 Å². The van der Waals surface area contributed by atoms with Crippen molar-refractivity contribution in [3.63, 3.8) is 0 Å². The number of rotatable bonds is 3. The number of thioether (sulfide) groups is 1. The summed E-state index contributed by atoms with van der Waals surface area (Å²) in [4.78, 5) is 8.99. The Hall–Kier alpha value is -1.29. The molecule has 0 amide bonds. The van der Waals surface area contributed by atoms with Crippen molar-refractivity contribution in [2.75, 3.05) is 11.6 Å². The molecule has 0 unspecified atom stereocenters. The van der Waals surface area contributed by atoms with Crippen LogP contribution in [-0.2, 0) is 0 Å². The van der Waals surface area contributed by atoms with Gasteiger partial charge in [-0.15, -0.1) is 11.8 Å². The van der Waals surface area contributed by atoms with Gasteiger partial charge in [0.1, 0.15) is 5.03 Å². The van der Waals surface area contributed by atoms with Gasteiger partial charge in [0.05, 0.1) is 5.52 Å². The maximum atomic E-state index is 4.50. The molecule has 0 bridgehead atoms. The van der Waals surface area contributed by atoms with E-state index >= 15 is 0 Å². The Morgan fingerprint density at radius 3 is 2.62 bits per heavy atom. The molecule has 0 spiro atoms. The average Bonchev–Trinajstić information content (AvgIpc) is 2.27. The zero-order valence-electron chi connectivity index (χ0n) is 9.69. The standard InChI is InChI=1S/C12H15N3S/c1-8(2)13-12-14-10-7-5-4-6-9(10)11(15-12)16-3/h4-8H,1-3H3,(H,13,14,15). The van der Waals surface area contributed by atoms with Gasteiger partial charge < -0.3 is 5.32 Å². The fourth-order valence-electron chi connectivity index (χ4n) is 1.53. The van der Waals surface area contributed by atoms with Crippen molar-refractivity contribution >= 4 is 28.6 Å². The van der Waals surface area contributed by atoms with Crippen LogP contribution in [0.1, 0.15) is 13.8 Å². The van der Waals surface area contributed by atoms with E-state index in [1.165, 1.54) is 0 Å². The van der Waals surface area contributed by atoms with Crippen LogP contribution in [-0.4, -0.2) is 22.3 Å². The Kier molecular flexibility index (Phi) is 3.29. The number of anilines is 1. The van der Waals surface area contributed by atoms with E-state index in [0.717, 1.165) is 15.9 Å². The van der Waals surface area contributed by atoms with Gasteiger partial charge in [0.15, 0.2) is 0 Å². The molecule has 2 rings (SSSR count). The SMILES string of the molecule is CSc1nc(NC(C)C)nc2ccccc12. The van der Waals surface area contributed by atoms with E-state index in [4.69, 9.17) is 0 Å². The van der Waals surface area contributed by atoms with Crippen molar-refractivity contribution < 1.29 is 0 Å². The second kappa shape index (κ2) is 4.70. The van der Waals surface area contributed by atoms with Crippen LogP contribution in [0.3, 0.4) is 0 Å². The fourth-order valence-corrected chi connectivity index (χ4v) is 2.10. The van der Waals surface area contributed by atoms with Gasteiger partial charge in [0.25, 0.3) is 0 Å². The number of fused-ring (bicyclic) bond motifs is 1. The molecule has 1 N–H and O–H groups in total. The second-order valence-electron chi connectivity index (χ2n) is 3.87. The minimum atomic E-state index is 0.343. The summed E-state index contributed by atoms with van der Waals surface area (Å²) in [7, 11) is 0. The quantitative estimate of drug-likeness (QED) is 0.652. The second-order valence-corrected chi connectivity index (χ2v) is 4.67. The van der Waals surface area contributed by atoms with Crippen LogP contribution in [0, 0.1) is 0 Å². The van der Waals surface area contributed by atoms with Crippen molar-refractivity contribution in [1.29, 1.82) is 0 Å². The molecular formula is C12H15N3S. The van der Waals surface area contributed by atoms with Gasteiger partial charge in [0.2, 0.25) is 5.95 Å². The van der Waals surface area contributed by atoms with Gasteiger partial charge in [-0.05, 0) is 26.2 Å². The highest BCUT2D eigenvalue weighted by atomic mass is 32.2. The van der Waals surface area contributed by atoms with Crippen molar-refractivity contribution in [2.24, 2.45) is 0 Å². The van der Waals surface area contributed by atoms with Crippen LogP contribution in [0.25, 0.3) is 10.9 Å². The summed E-state index contributed by atoms with van der Waals surface area (Å²) in [6.07, 6.45) is 2.04. The molecule has 3 nitrogen and oxygen atoms in total. The Bertz CT molecular complexity index is 497. The molecule has 0 aliphatic carbocycles. The highest BCUT2D eigenvalue weighted by Crippen LogP contribution is 2.24. The normalized spacial score (nSPS) is 11.0. The van der Waals surface area contributed by atoms with E-state index in [0.29, 0.717) is 12.0 Å². The zero-order chi connectivity index (χ0) is 11.5. The number of nitrogens with one attached hydrogen (secondary N) is 1. The number of hydrogen-bond donors (Lipinski definition) is 1. The summed E-state index contributed by atoms with van der Waals surface area (Å²) >= 11 is 1.65. The van der Waals surface area contributed by atoms with Gasteiger partial charge in [-0.1, -0.05) is 18.2 Å². The summed E-state index contributed by atoms with van der Waals surface area (Å²) < 4.78 is 0. The van der Waals surface area contributed by atoms with Crippen molar-refractivity contribution in [2.45, 2.75) is 24.9 Å². The molecule has 16 heavy (non-hydrogen) atoms. The molecular weight excluding hydrogens is 218 g/mol. The van der Waals surface area contributed by atoms with Crippen LogP contribution in [0.2, 0.25) is 0 Å². The van der Waals surface area contributed by atoms with Crippen molar-refractivity contribution in [3.8, 4) is 0 Å². The predicted molar refractivity (Wildman–Crippen MR) is 70.1 cm³/mol. The summed E-state index contributed by atoms with van der Waals surface area (Å²) in [6.45, 7) is 4.16. The van der Waals surface area contributed by atoms with E-state index in [2.05, 4.69) is 35.2 Å². The molecule has 0 aliphatic rings. The van der Waals surface area contributed by atoms with Gasteiger partial charge >= 0.3 is 0 Å². The fraction of sp³-hybridized carbons (Fsp3) is 0.333. The lowest BCUT2D eigenvalue weighted by Gasteiger charge is -2.10. The molecule has 0 radical (unpaired) electrons. The Balaban J connectivity index is 2.54. The number of nitrogens with zero attached hydrogens (tertiary/aromatic N) is 2. The third-order valence-electron chi connectivity index (χ3n) is 2.18. The summed E-state index contributed by atoms with van der Waals surface area (Å²) in [5.41, 5.74) is 0.991. The third kappa shape index (κ3) is 2.27. The molecule has 84 valence electrons. The number of hydrogen-bond acceptors (Lipinski definition) is 4. The first-order valence-electron chi connectivity index (χ1n) is 5.28. The molecule has 1 heterocycles. The van der Waals surface area contributed by atoms with Crippen LogP contribution >= 0.6 is 11.8 Å². The molecule has 0 saturated carbocycles. The highest BCUT2D eigenvalue weighted by molar-refractivity contribution is 7.98. The lowest BCUT2D eigenvalue weighted by atomic mass is 10.2. The average molecular weight is 233 g/mol. The largest absolute Gasteiger partial charge is 0.352 e. The van der Waals surface area contributed by atoms with Crippen LogP contribution < -0.4 is 5.32 Å². The first kappa shape index (κ1) is 11.2. The van der Waals surface area contributed by atoms with Gasteiger partial charge in [-0.3, -0.25) is 0 Å². The third-order valence-corrected chi connectivity index (χ3v) is 2.88. The first-order valence-corrected chi connectivity index (χ1v) is 6.50. The van der Waals surface area contributed by atoms with E-state index in [1.54, 1.807) is 11.8 Å². The Morgan fingerprint density at radius 2 is 1.94 bits per heavy atom. The minimum absolute atomic E-state index is 0.343. The van der Waals surface area contributed by atoms with E-state index in [1.807, 2.05) is 24.5 Å². The molecule has 1 aromatic carbocycles. The highest BCUT2D eigenvalue weighted by Gasteiger charge is 2.06. The van der Waals surface area contributed by atoms with E-state index in [-0.39, 0.29) is 0 Å². The molecule has 0 fully saturated rings. The monoisotopic (exact) mass is 233 g/mol. The summed E-state index contributed by atoms with van der Waals surface area (Å²) in [5.74, 6) is 0.707. The molecule has 4 heteroatoms. The zero-order valence-corrected chi connectivity index (χ0v) is 10.5. The molecule has 1 aromatic heterocycles. The van der Waals surface area contributed by atoms with Crippen LogP contribution in [0.4, 0.5) is 5.95 Å². The molecule has 2 aromatic rings. The van der Waals surface area contributed by atoms with E-state index < -0.39 is 0 Å². The molecule has 0 atom stereocenters. The van der Waals surface area contributed by atoms with Crippen LogP contribution in [0.5, 0.6) is 0 Å². The van der Waals surface area contributed by atoms with Gasteiger partial charge in [-0.25, -0.2) is 9.97 Å². The Labute approximate surface area is 99.7 Å². The van der Waals surface area contributed by atoms with Crippen LogP contribution in [0.15, 0.2) is 29.3 Å². The van der Waals surface area contributed by atoms with Crippen molar-refractivity contribution in [3.05, 3.63) is 24.3 Å². The number of para-hydroxylation sites is 1. The minimum Gasteiger partial charge on any atom is -0.352 e. The smallest absolute Gasteiger partial charge is 0.224 e. The summed E-state index contributed by atoms with van der Waals surface area (Å²) in [6, 6.07) is 8.43. The lowest BCUT2D eigenvalue weighted by Crippen LogP contribution is -2.12. The van der Waals surface area contributed by atoms with Crippen molar-refractivity contribution in [1.82, 2.24) is 9.97 Å². The molecule has 0 saturated heterocycles. The number of aromatic nitrogens is 2. The Morgan fingerprint density at radius 1 is 1.19 bits per heavy atom. The van der Waals surface area contributed by atoms with E-state index in [9.17, 15) is 0 Å². The maximum absolute atomic E-state index is 4.50. The van der Waals surface area contributed by atoms with Gasteiger partial charge in [0, 0.05) is 11.4 Å². The first-order chi connectivity index (χ1) is 7.70.